The highest BCUT2D eigenvalue weighted by Crippen LogP contribution is 2.26. The molecule has 0 spiro atoms. The van der Waals surface area contributed by atoms with Crippen LogP contribution >= 0.6 is 0 Å². The molecule has 90 valence electrons. The van der Waals surface area contributed by atoms with Crippen molar-refractivity contribution in [3.63, 3.8) is 0 Å². The Labute approximate surface area is 103 Å². The van der Waals surface area contributed by atoms with Gasteiger partial charge in [-0.2, -0.15) is 0 Å². The molecule has 4 heteroatoms. The Bertz CT molecular complexity index is 389. The number of aromatic nitrogens is 1. The van der Waals surface area contributed by atoms with Crippen molar-refractivity contribution in [2.24, 2.45) is 5.92 Å². The van der Waals surface area contributed by atoms with E-state index in [2.05, 4.69) is 10.3 Å². The zero-order valence-electron chi connectivity index (χ0n) is 10.4. The minimum atomic E-state index is 0.129. The van der Waals surface area contributed by atoms with Crippen LogP contribution in [0.3, 0.4) is 0 Å². The predicted molar refractivity (Wildman–Crippen MR) is 72.2 cm³/mol. The van der Waals surface area contributed by atoms with Crippen molar-refractivity contribution >= 4 is 24.9 Å². The van der Waals surface area contributed by atoms with Gasteiger partial charge in [0.2, 0.25) is 5.91 Å². The molecule has 3 nitrogen and oxygen atoms in total. The molecule has 1 aromatic heterocycles. The second-order valence-corrected chi connectivity index (χ2v) is 5.01. The highest BCUT2D eigenvalue weighted by atomic mass is 16.1. The molecular weight excluding hydrogens is 211 g/mol. The van der Waals surface area contributed by atoms with E-state index in [1.54, 1.807) is 12.4 Å². The molecule has 0 bridgehead atoms. The maximum Gasteiger partial charge on any atom is 0.224 e. The smallest absolute Gasteiger partial charge is 0.224 e. The Kier molecular flexibility index (Phi) is 4.18. The van der Waals surface area contributed by atoms with Gasteiger partial charge in [0, 0.05) is 12.6 Å². The summed E-state index contributed by atoms with van der Waals surface area (Å²) in [7, 11) is 1.98. The third kappa shape index (κ3) is 3.88. The molecule has 2 rings (SSSR count). The van der Waals surface area contributed by atoms with Gasteiger partial charge in [-0.1, -0.05) is 24.7 Å². The van der Waals surface area contributed by atoms with Crippen LogP contribution in [0.4, 0.5) is 5.69 Å². The second kappa shape index (κ2) is 5.85. The first-order valence-corrected chi connectivity index (χ1v) is 6.45. The number of nitrogens with one attached hydrogen (secondary N) is 1. The summed E-state index contributed by atoms with van der Waals surface area (Å²) in [6.07, 6.45) is 10.5. The number of hydrogen-bond acceptors (Lipinski definition) is 2. The number of carbonyl (C=O) groups is 1. The van der Waals surface area contributed by atoms with Crippen LogP contribution in [0.15, 0.2) is 18.5 Å². The molecule has 0 aliphatic heterocycles. The zero-order chi connectivity index (χ0) is 12.1. The van der Waals surface area contributed by atoms with Crippen LogP contribution in [-0.2, 0) is 4.79 Å². The number of rotatable bonds is 3. The number of carbonyl (C=O) groups excluding carboxylic acids is 1. The van der Waals surface area contributed by atoms with Crippen molar-refractivity contribution in [2.75, 3.05) is 5.32 Å². The van der Waals surface area contributed by atoms with Crippen molar-refractivity contribution in [1.29, 1.82) is 0 Å². The first-order valence-electron chi connectivity index (χ1n) is 6.45. The van der Waals surface area contributed by atoms with E-state index in [1.807, 2.05) is 13.9 Å². The van der Waals surface area contributed by atoms with Crippen LogP contribution in [0.1, 0.15) is 38.5 Å². The lowest BCUT2D eigenvalue weighted by atomic mass is 9.87. The summed E-state index contributed by atoms with van der Waals surface area (Å²) in [6, 6.07) is 1.95. The van der Waals surface area contributed by atoms with Crippen molar-refractivity contribution in [3.05, 3.63) is 18.5 Å². The minimum absolute atomic E-state index is 0.129. The van der Waals surface area contributed by atoms with Gasteiger partial charge in [-0.25, -0.2) is 0 Å². The van der Waals surface area contributed by atoms with Crippen LogP contribution in [0.25, 0.3) is 0 Å². The molecule has 1 N–H and O–H groups in total. The molecule has 1 saturated carbocycles. The molecule has 0 unspecified atom stereocenters. The van der Waals surface area contributed by atoms with Gasteiger partial charge in [-0.05, 0) is 24.8 Å². The molecule has 1 amide bonds. The van der Waals surface area contributed by atoms with E-state index < -0.39 is 0 Å². The molecule has 0 radical (unpaired) electrons. The quantitative estimate of drug-likeness (QED) is 0.794. The summed E-state index contributed by atoms with van der Waals surface area (Å²) in [6.45, 7) is 0. The molecule has 0 aromatic carbocycles. The highest BCUT2D eigenvalue weighted by molar-refractivity contribution is 6.32. The van der Waals surface area contributed by atoms with Gasteiger partial charge < -0.3 is 5.32 Å². The standard InChI is InChI=1S/C13H19BN2O/c14-11-7-12(9-15-8-11)16-13(17)6-10-4-2-1-3-5-10/h7-10H,1-6,14H2,(H,16,17). The number of amides is 1. The molecular formula is C13H19BN2O. The third-order valence-electron chi connectivity index (χ3n) is 3.36. The van der Waals surface area contributed by atoms with Crippen LogP contribution in [0, 0.1) is 5.92 Å². The van der Waals surface area contributed by atoms with Crippen molar-refractivity contribution < 1.29 is 4.79 Å². The van der Waals surface area contributed by atoms with E-state index in [4.69, 9.17) is 0 Å². The van der Waals surface area contributed by atoms with E-state index in [-0.39, 0.29) is 5.91 Å². The number of pyridine rings is 1. The van der Waals surface area contributed by atoms with Crippen molar-refractivity contribution in [3.8, 4) is 0 Å². The lowest BCUT2D eigenvalue weighted by Crippen LogP contribution is -2.19. The van der Waals surface area contributed by atoms with Crippen LogP contribution in [0.5, 0.6) is 0 Å². The molecule has 1 aliphatic rings. The van der Waals surface area contributed by atoms with Crippen LogP contribution < -0.4 is 10.8 Å². The average molecular weight is 230 g/mol. The largest absolute Gasteiger partial charge is 0.325 e. The van der Waals surface area contributed by atoms with Crippen molar-refractivity contribution in [2.45, 2.75) is 38.5 Å². The summed E-state index contributed by atoms with van der Waals surface area (Å²) in [5.41, 5.74) is 1.88. The Morgan fingerprint density at radius 3 is 2.82 bits per heavy atom. The number of anilines is 1. The van der Waals surface area contributed by atoms with Gasteiger partial charge in [0.1, 0.15) is 7.85 Å². The van der Waals surface area contributed by atoms with Gasteiger partial charge in [0.15, 0.2) is 0 Å². The fourth-order valence-corrected chi connectivity index (χ4v) is 2.49. The molecule has 0 saturated heterocycles. The fraction of sp³-hybridized carbons (Fsp3) is 0.538. The Morgan fingerprint density at radius 2 is 2.12 bits per heavy atom. The molecule has 1 aromatic rings. The van der Waals surface area contributed by atoms with E-state index in [1.165, 1.54) is 32.1 Å². The fourth-order valence-electron chi connectivity index (χ4n) is 2.49. The topological polar surface area (TPSA) is 42.0 Å². The summed E-state index contributed by atoms with van der Waals surface area (Å²) in [4.78, 5) is 15.9. The molecule has 0 atom stereocenters. The Hall–Kier alpha value is -1.32. The maximum absolute atomic E-state index is 11.9. The van der Waals surface area contributed by atoms with E-state index in [0.717, 1.165) is 11.2 Å². The first kappa shape index (κ1) is 12.2. The number of hydrogen-bond donors (Lipinski definition) is 1. The third-order valence-corrected chi connectivity index (χ3v) is 3.36. The van der Waals surface area contributed by atoms with E-state index in [0.29, 0.717) is 12.3 Å². The lowest BCUT2D eigenvalue weighted by molar-refractivity contribution is -0.117. The normalized spacial score (nSPS) is 16.7. The lowest BCUT2D eigenvalue weighted by Gasteiger charge is -2.20. The summed E-state index contributed by atoms with van der Waals surface area (Å²) < 4.78 is 0. The van der Waals surface area contributed by atoms with Gasteiger partial charge in [-0.15, -0.1) is 0 Å². The summed E-state index contributed by atoms with van der Waals surface area (Å²) in [5, 5.41) is 2.93. The minimum Gasteiger partial charge on any atom is -0.325 e. The molecule has 1 aliphatic carbocycles. The first-order chi connectivity index (χ1) is 8.24. The van der Waals surface area contributed by atoms with Gasteiger partial charge in [0.25, 0.3) is 0 Å². The average Bonchev–Trinajstić information content (AvgIpc) is 2.30. The molecule has 1 heterocycles. The van der Waals surface area contributed by atoms with Gasteiger partial charge in [0.05, 0.1) is 11.9 Å². The second-order valence-electron chi connectivity index (χ2n) is 5.01. The maximum atomic E-state index is 11.9. The SMILES string of the molecule is Bc1cncc(NC(=O)CC2CCCCC2)c1. The molecule has 1 fully saturated rings. The molecule has 17 heavy (non-hydrogen) atoms. The van der Waals surface area contributed by atoms with E-state index >= 15 is 0 Å². The van der Waals surface area contributed by atoms with Crippen LogP contribution in [0.2, 0.25) is 0 Å². The summed E-state index contributed by atoms with van der Waals surface area (Å²) in [5.74, 6) is 0.714. The Morgan fingerprint density at radius 1 is 1.35 bits per heavy atom. The number of nitrogens with zero attached hydrogens (tertiary/aromatic N) is 1. The van der Waals surface area contributed by atoms with E-state index in [9.17, 15) is 4.79 Å². The highest BCUT2D eigenvalue weighted by Gasteiger charge is 2.16. The monoisotopic (exact) mass is 230 g/mol. The Balaban J connectivity index is 1.84. The van der Waals surface area contributed by atoms with Crippen molar-refractivity contribution in [1.82, 2.24) is 4.98 Å². The predicted octanol–water partition coefficient (Wildman–Crippen LogP) is 1.25. The zero-order valence-corrected chi connectivity index (χ0v) is 10.4. The van der Waals surface area contributed by atoms with Gasteiger partial charge in [-0.3, -0.25) is 9.78 Å². The van der Waals surface area contributed by atoms with Crippen LogP contribution in [-0.4, -0.2) is 18.7 Å². The summed E-state index contributed by atoms with van der Waals surface area (Å²) >= 11 is 0. The van der Waals surface area contributed by atoms with Gasteiger partial charge >= 0.3 is 0 Å².